The highest BCUT2D eigenvalue weighted by Gasteiger charge is 2.32. The molecule has 0 saturated heterocycles. The molecular formula is C9H10F3NO3S. The second-order valence-corrected chi connectivity index (χ2v) is 5.12. The number of alkyl halides is 3. The van der Waals surface area contributed by atoms with Crippen molar-refractivity contribution in [2.24, 2.45) is 0 Å². The first-order chi connectivity index (χ1) is 7.70. The maximum Gasteiger partial charge on any atom is 0.416 e. The van der Waals surface area contributed by atoms with Gasteiger partial charge in [-0.2, -0.15) is 13.2 Å². The topological polar surface area (TPSA) is 66.4 Å². The van der Waals surface area contributed by atoms with Crippen molar-refractivity contribution in [3.8, 4) is 0 Å². The lowest BCUT2D eigenvalue weighted by Crippen LogP contribution is -2.20. The van der Waals surface area contributed by atoms with Crippen molar-refractivity contribution in [1.29, 1.82) is 0 Å². The van der Waals surface area contributed by atoms with Crippen LogP contribution in [0.3, 0.4) is 0 Å². The lowest BCUT2D eigenvalue weighted by molar-refractivity contribution is -0.137. The molecule has 96 valence electrons. The van der Waals surface area contributed by atoms with Crippen molar-refractivity contribution in [3.63, 3.8) is 0 Å². The first-order valence-corrected chi connectivity index (χ1v) is 5.94. The summed E-state index contributed by atoms with van der Waals surface area (Å²) in [7, 11) is -2.88. The van der Waals surface area contributed by atoms with Crippen LogP contribution >= 0.6 is 0 Å². The summed E-state index contributed by atoms with van der Waals surface area (Å²) in [5, 5.41) is 8.81. The number of hydrogen-bond acceptors (Lipinski definition) is 3. The van der Waals surface area contributed by atoms with E-state index in [1.807, 2.05) is 4.72 Å². The first-order valence-electron chi connectivity index (χ1n) is 4.46. The second kappa shape index (κ2) is 4.63. The lowest BCUT2D eigenvalue weighted by atomic mass is 10.1. The molecule has 0 heterocycles. The quantitative estimate of drug-likeness (QED) is 0.863. The maximum atomic E-state index is 12.5. The Morgan fingerprint density at radius 3 is 2.29 bits per heavy atom. The van der Waals surface area contributed by atoms with E-state index >= 15 is 0 Å². The molecule has 1 aromatic rings. The van der Waals surface area contributed by atoms with Crippen LogP contribution in [0.4, 0.5) is 13.2 Å². The zero-order valence-corrected chi connectivity index (χ0v) is 9.56. The number of hydrogen-bond donors (Lipinski definition) is 2. The zero-order valence-electron chi connectivity index (χ0n) is 8.75. The van der Waals surface area contributed by atoms with Gasteiger partial charge in [-0.3, -0.25) is 0 Å². The Kier molecular flexibility index (Phi) is 3.80. The summed E-state index contributed by atoms with van der Waals surface area (Å²) in [5.74, 6) is 0. The van der Waals surface area contributed by atoms with Crippen LogP contribution in [0.1, 0.15) is 11.1 Å². The van der Waals surface area contributed by atoms with Gasteiger partial charge < -0.3 is 5.11 Å². The molecule has 0 atom stereocenters. The monoisotopic (exact) mass is 269 g/mol. The van der Waals surface area contributed by atoms with Gasteiger partial charge in [0.05, 0.1) is 17.1 Å². The van der Waals surface area contributed by atoms with Crippen molar-refractivity contribution in [1.82, 2.24) is 4.72 Å². The standard InChI is InChI=1S/C9H10F3NO3S/c1-13-17(15,16)8-3-6(5-14)2-7(4-8)9(10,11)12/h2-4,13-14H,5H2,1H3. The van der Waals surface area contributed by atoms with Gasteiger partial charge in [0.2, 0.25) is 10.0 Å². The molecule has 0 unspecified atom stereocenters. The summed E-state index contributed by atoms with van der Waals surface area (Å²) >= 11 is 0. The Hall–Kier alpha value is -1.12. The number of halogens is 3. The van der Waals surface area contributed by atoms with Crippen molar-refractivity contribution in [2.45, 2.75) is 17.7 Å². The van der Waals surface area contributed by atoms with E-state index in [2.05, 4.69) is 0 Å². The van der Waals surface area contributed by atoms with E-state index in [1.165, 1.54) is 0 Å². The molecule has 8 heteroatoms. The van der Waals surface area contributed by atoms with Gasteiger partial charge in [-0.15, -0.1) is 0 Å². The van der Waals surface area contributed by atoms with Crippen molar-refractivity contribution in [3.05, 3.63) is 29.3 Å². The molecule has 0 spiro atoms. The zero-order chi connectivity index (χ0) is 13.3. The second-order valence-electron chi connectivity index (χ2n) is 3.23. The minimum atomic E-state index is -4.66. The summed E-state index contributed by atoms with van der Waals surface area (Å²) in [6.45, 7) is -0.670. The van der Waals surface area contributed by atoms with Gasteiger partial charge in [-0.25, -0.2) is 13.1 Å². The summed E-state index contributed by atoms with van der Waals surface area (Å²) in [6, 6.07) is 2.21. The minimum Gasteiger partial charge on any atom is -0.392 e. The summed E-state index contributed by atoms with van der Waals surface area (Å²) in [6.07, 6.45) is -4.66. The highest BCUT2D eigenvalue weighted by Crippen LogP contribution is 2.31. The molecule has 0 fully saturated rings. The molecule has 0 amide bonds. The molecule has 0 aliphatic rings. The Balaban J connectivity index is 3.44. The largest absolute Gasteiger partial charge is 0.416 e. The molecule has 1 rings (SSSR count). The fourth-order valence-electron chi connectivity index (χ4n) is 1.19. The predicted octanol–water partition coefficient (Wildman–Crippen LogP) is 1.11. The van der Waals surface area contributed by atoms with Crippen molar-refractivity contribution in [2.75, 3.05) is 7.05 Å². The van der Waals surface area contributed by atoms with E-state index in [4.69, 9.17) is 5.11 Å². The smallest absolute Gasteiger partial charge is 0.392 e. The van der Waals surface area contributed by atoms with Crippen LogP contribution in [0.5, 0.6) is 0 Å². The van der Waals surface area contributed by atoms with E-state index in [9.17, 15) is 21.6 Å². The number of aliphatic hydroxyl groups is 1. The third kappa shape index (κ3) is 3.18. The van der Waals surface area contributed by atoms with Crippen LogP contribution in [0.25, 0.3) is 0 Å². The van der Waals surface area contributed by atoms with Crippen LogP contribution in [-0.4, -0.2) is 20.6 Å². The van der Waals surface area contributed by atoms with Crippen LogP contribution in [-0.2, 0) is 22.8 Å². The molecule has 4 nitrogen and oxygen atoms in total. The Morgan fingerprint density at radius 1 is 1.29 bits per heavy atom. The number of sulfonamides is 1. The molecule has 17 heavy (non-hydrogen) atoms. The van der Waals surface area contributed by atoms with E-state index in [0.717, 1.165) is 13.1 Å². The Bertz CT molecular complexity index is 511. The summed E-state index contributed by atoms with van der Waals surface area (Å²) in [4.78, 5) is -0.529. The van der Waals surface area contributed by atoms with Crippen LogP contribution < -0.4 is 4.72 Å². The SMILES string of the molecule is CNS(=O)(=O)c1cc(CO)cc(C(F)(F)F)c1. The van der Waals surface area contributed by atoms with E-state index < -0.39 is 33.3 Å². The molecule has 0 aliphatic heterocycles. The molecule has 0 bridgehead atoms. The van der Waals surface area contributed by atoms with Gasteiger partial charge >= 0.3 is 6.18 Å². The Morgan fingerprint density at radius 2 is 1.88 bits per heavy atom. The molecular weight excluding hydrogens is 259 g/mol. The minimum absolute atomic E-state index is 0.117. The van der Waals surface area contributed by atoms with Gasteiger partial charge in [0.25, 0.3) is 0 Å². The van der Waals surface area contributed by atoms with Gasteiger partial charge in [-0.05, 0) is 30.8 Å². The number of nitrogens with one attached hydrogen (secondary N) is 1. The fraction of sp³-hybridized carbons (Fsp3) is 0.333. The van der Waals surface area contributed by atoms with Gasteiger partial charge in [-0.1, -0.05) is 0 Å². The number of aliphatic hydroxyl groups excluding tert-OH is 1. The van der Waals surface area contributed by atoms with Crippen molar-refractivity contribution < 1.29 is 26.7 Å². The van der Waals surface area contributed by atoms with Gasteiger partial charge in [0.1, 0.15) is 0 Å². The molecule has 1 aromatic carbocycles. The molecule has 0 aromatic heterocycles. The third-order valence-corrected chi connectivity index (χ3v) is 3.45. The molecule has 0 aliphatic carbocycles. The number of rotatable bonds is 3. The third-order valence-electron chi connectivity index (χ3n) is 2.06. The molecule has 2 N–H and O–H groups in total. The van der Waals surface area contributed by atoms with E-state index in [-0.39, 0.29) is 5.56 Å². The molecule has 0 radical (unpaired) electrons. The average molecular weight is 269 g/mol. The van der Waals surface area contributed by atoms with E-state index in [0.29, 0.717) is 12.1 Å². The van der Waals surface area contributed by atoms with Crippen LogP contribution in [0.15, 0.2) is 23.1 Å². The highest BCUT2D eigenvalue weighted by atomic mass is 32.2. The van der Waals surface area contributed by atoms with Gasteiger partial charge in [0.15, 0.2) is 0 Å². The van der Waals surface area contributed by atoms with Gasteiger partial charge in [0, 0.05) is 0 Å². The first kappa shape index (κ1) is 13.9. The summed E-state index contributed by atoms with van der Waals surface area (Å²) in [5.41, 5.74) is -1.23. The van der Waals surface area contributed by atoms with Crippen LogP contribution in [0.2, 0.25) is 0 Å². The maximum absolute atomic E-state index is 12.5. The highest BCUT2D eigenvalue weighted by molar-refractivity contribution is 7.89. The predicted molar refractivity (Wildman–Crippen MR) is 53.6 cm³/mol. The summed E-state index contributed by atoms with van der Waals surface area (Å²) < 4.78 is 62.1. The van der Waals surface area contributed by atoms with Crippen molar-refractivity contribution >= 4 is 10.0 Å². The lowest BCUT2D eigenvalue weighted by Gasteiger charge is -2.11. The Labute approximate surface area is 96.1 Å². The molecule has 0 saturated carbocycles. The van der Waals surface area contributed by atoms with Crippen LogP contribution in [0, 0.1) is 0 Å². The number of benzene rings is 1. The fourth-order valence-corrected chi connectivity index (χ4v) is 2.01. The van der Waals surface area contributed by atoms with E-state index in [1.54, 1.807) is 0 Å². The average Bonchev–Trinajstić information content (AvgIpc) is 2.27. The normalized spacial score (nSPS) is 12.8.